The maximum atomic E-state index is 2.75. The van der Waals surface area contributed by atoms with Gasteiger partial charge in [-0.3, -0.25) is 0 Å². The molecule has 0 bridgehead atoms. The first kappa shape index (κ1) is 24.5. The van der Waals surface area contributed by atoms with Crippen molar-refractivity contribution in [3.63, 3.8) is 0 Å². The lowest BCUT2D eigenvalue weighted by atomic mass is 9.96. The predicted molar refractivity (Wildman–Crippen MR) is 136 cm³/mol. The van der Waals surface area contributed by atoms with Gasteiger partial charge in [-0.25, -0.2) is 0 Å². The van der Waals surface area contributed by atoms with Crippen LogP contribution in [0.1, 0.15) is 91.5 Å². The van der Waals surface area contributed by atoms with Crippen molar-refractivity contribution in [3.8, 4) is 9.75 Å². The van der Waals surface area contributed by atoms with Crippen LogP contribution in [-0.2, 0) is 6.42 Å². The number of unbranched alkanes of at least 4 members (excludes halogenated alkanes) is 2. The van der Waals surface area contributed by atoms with E-state index in [-0.39, 0.29) is 0 Å². The van der Waals surface area contributed by atoms with E-state index in [1.165, 1.54) is 84.8 Å². The number of anilines is 1. The molecule has 0 aromatic carbocycles. The van der Waals surface area contributed by atoms with Gasteiger partial charge in [-0.2, -0.15) is 0 Å². The summed E-state index contributed by atoms with van der Waals surface area (Å²) in [6, 6.07) is 7.07. The highest BCUT2D eigenvalue weighted by atomic mass is 32.1. The summed E-state index contributed by atoms with van der Waals surface area (Å²) in [7, 11) is 0. The SMILES string of the molecule is CCCCC(CC)CN(CC(CC)CCCC)c1ccc(-c2sccc2CC)s1. The quantitative estimate of drug-likeness (QED) is 0.270. The fraction of sp³-hybridized carbons (Fsp3) is 0.692. The van der Waals surface area contributed by atoms with Gasteiger partial charge in [0.15, 0.2) is 0 Å². The summed E-state index contributed by atoms with van der Waals surface area (Å²) in [5.41, 5.74) is 1.50. The Labute approximate surface area is 188 Å². The lowest BCUT2D eigenvalue weighted by Gasteiger charge is -2.31. The molecule has 29 heavy (non-hydrogen) atoms. The molecule has 3 heteroatoms. The summed E-state index contributed by atoms with van der Waals surface area (Å²) in [6.45, 7) is 14.1. The van der Waals surface area contributed by atoms with E-state index in [9.17, 15) is 0 Å². The molecule has 2 atom stereocenters. The molecule has 1 nitrogen and oxygen atoms in total. The lowest BCUT2D eigenvalue weighted by molar-refractivity contribution is 0.404. The smallest absolute Gasteiger partial charge is 0.0915 e. The van der Waals surface area contributed by atoms with Crippen LogP contribution in [0.15, 0.2) is 23.6 Å². The first-order chi connectivity index (χ1) is 14.2. The number of hydrogen-bond donors (Lipinski definition) is 0. The molecule has 2 unspecified atom stereocenters. The zero-order chi connectivity index (χ0) is 21.1. The molecule has 0 aliphatic rings. The summed E-state index contributed by atoms with van der Waals surface area (Å²) in [6.07, 6.45) is 11.8. The molecule has 164 valence electrons. The molecule has 0 spiro atoms. The van der Waals surface area contributed by atoms with Gasteiger partial charge in [0.05, 0.1) is 5.00 Å². The van der Waals surface area contributed by atoms with Crippen LogP contribution < -0.4 is 4.90 Å². The maximum Gasteiger partial charge on any atom is 0.0915 e. The van der Waals surface area contributed by atoms with Gasteiger partial charge >= 0.3 is 0 Å². The van der Waals surface area contributed by atoms with Gasteiger partial charge < -0.3 is 4.90 Å². The second-order valence-corrected chi connectivity index (χ2v) is 10.5. The molecule has 0 aliphatic carbocycles. The van der Waals surface area contributed by atoms with Crippen LogP contribution in [0.3, 0.4) is 0 Å². The van der Waals surface area contributed by atoms with E-state index in [1.807, 2.05) is 22.7 Å². The van der Waals surface area contributed by atoms with E-state index in [1.54, 1.807) is 0 Å². The zero-order valence-corrected chi connectivity index (χ0v) is 21.1. The van der Waals surface area contributed by atoms with Crippen molar-refractivity contribution in [1.82, 2.24) is 0 Å². The molecular formula is C26H43NS2. The van der Waals surface area contributed by atoms with Crippen molar-refractivity contribution in [2.24, 2.45) is 11.8 Å². The molecule has 2 heterocycles. The van der Waals surface area contributed by atoms with Gasteiger partial charge in [-0.05, 0) is 60.2 Å². The second kappa shape index (κ2) is 13.5. The lowest BCUT2D eigenvalue weighted by Crippen LogP contribution is -2.33. The molecule has 0 amide bonds. The van der Waals surface area contributed by atoms with Gasteiger partial charge in [-0.1, -0.05) is 73.1 Å². The maximum absolute atomic E-state index is 2.75. The predicted octanol–water partition coefficient (Wildman–Crippen LogP) is 9.28. The number of aryl methyl sites for hydroxylation is 1. The topological polar surface area (TPSA) is 3.24 Å². The molecule has 0 saturated heterocycles. The Morgan fingerprint density at radius 1 is 0.828 bits per heavy atom. The van der Waals surface area contributed by atoms with E-state index in [4.69, 9.17) is 0 Å². The average Bonchev–Trinajstić information content (AvgIpc) is 3.41. The van der Waals surface area contributed by atoms with Crippen LogP contribution >= 0.6 is 22.7 Å². The summed E-state index contributed by atoms with van der Waals surface area (Å²) in [4.78, 5) is 5.70. The second-order valence-electron chi connectivity index (χ2n) is 8.50. The van der Waals surface area contributed by atoms with E-state index in [2.05, 4.69) is 63.1 Å². The van der Waals surface area contributed by atoms with Gasteiger partial charge in [-0.15, -0.1) is 22.7 Å². The first-order valence-electron chi connectivity index (χ1n) is 12.1. The summed E-state index contributed by atoms with van der Waals surface area (Å²) < 4.78 is 0. The van der Waals surface area contributed by atoms with E-state index in [0.717, 1.165) is 18.3 Å². The number of rotatable bonds is 15. The summed E-state index contributed by atoms with van der Waals surface area (Å²) in [5, 5.41) is 3.74. The Morgan fingerprint density at radius 3 is 1.97 bits per heavy atom. The third-order valence-corrected chi connectivity index (χ3v) is 8.58. The third kappa shape index (κ3) is 7.43. The van der Waals surface area contributed by atoms with Crippen molar-refractivity contribution < 1.29 is 0 Å². The number of thiophene rings is 2. The van der Waals surface area contributed by atoms with Gasteiger partial charge in [0.1, 0.15) is 0 Å². The Balaban J connectivity index is 2.21. The van der Waals surface area contributed by atoms with E-state index >= 15 is 0 Å². The molecule has 0 aliphatic heterocycles. The summed E-state index contributed by atoms with van der Waals surface area (Å²) >= 11 is 3.92. The molecule has 0 radical (unpaired) electrons. The zero-order valence-electron chi connectivity index (χ0n) is 19.5. The molecule has 0 fully saturated rings. The van der Waals surface area contributed by atoms with Crippen molar-refractivity contribution >= 4 is 27.7 Å². The van der Waals surface area contributed by atoms with Crippen molar-refractivity contribution in [1.29, 1.82) is 0 Å². The van der Waals surface area contributed by atoms with Crippen LogP contribution in [0, 0.1) is 11.8 Å². The Bertz CT molecular complexity index is 654. The number of hydrogen-bond acceptors (Lipinski definition) is 3. The van der Waals surface area contributed by atoms with Crippen LogP contribution in [-0.4, -0.2) is 13.1 Å². The van der Waals surface area contributed by atoms with Gasteiger partial charge in [0.25, 0.3) is 0 Å². The highest BCUT2D eigenvalue weighted by Gasteiger charge is 2.19. The van der Waals surface area contributed by atoms with Crippen LogP contribution in [0.4, 0.5) is 5.00 Å². The largest absolute Gasteiger partial charge is 0.363 e. The minimum Gasteiger partial charge on any atom is -0.363 e. The molecule has 0 saturated carbocycles. The number of nitrogens with zero attached hydrogens (tertiary/aromatic N) is 1. The average molecular weight is 434 g/mol. The van der Waals surface area contributed by atoms with Gasteiger partial charge in [0.2, 0.25) is 0 Å². The van der Waals surface area contributed by atoms with Crippen molar-refractivity contribution in [3.05, 3.63) is 29.1 Å². The fourth-order valence-electron chi connectivity index (χ4n) is 4.16. The molecule has 2 rings (SSSR count). The van der Waals surface area contributed by atoms with Crippen molar-refractivity contribution in [2.45, 2.75) is 92.4 Å². The monoisotopic (exact) mass is 433 g/mol. The Kier molecular flexibility index (Phi) is 11.4. The Morgan fingerprint density at radius 2 is 1.45 bits per heavy atom. The van der Waals surface area contributed by atoms with Crippen LogP contribution in [0.5, 0.6) is 0 Å². The minimum absolute atomic E-state index is 0.817. The molecule has 2 aromatic rings. The highest BCUT2D eigenvalue weighted by Crippen LogP contribution is 2.39. The Hall–Kier alpha value is -0.800. The van der Waals surface area contributed by atoms with E-state index < -0.39 is 0 Å². The normalized spacial score (nSPS) is 13.6. The molecule has 0 N–H and O–H groups in total. The first-order valence-corrected chi connectivity index (χ1v) is 13.8. The minimum atomic E-state index is 0.817. The third-order valence-electron chi connectivity index (χ3n) is 6.30. The van der Waals surface area contributed by atoms with Gasteiger partial charge in [0, 0.05) is 22.8 Å². The highest BCUT2D eigenvalue weighted by molar-refractivity contribution is 7.23. The summed E-state index contributed by atoms with van der Waals surface area (Å²) in [5.74, 6) is 1.63. The van der Waals surface area contributed by atoms with Crippen LogP contribution in [0.25, 0.3) is 9.75 Å². The fourth-order valence-corrected chi connectivity index (χ4v) is 6.35. The van der Waals surface area contributed by atoms with E-state index in [0.29, 0.717) is 0 Å². The standard InChI is InChI=1S/C26H43NS2/c1-6-11-13-21(8-3)19-27(20-22(9-4)14-12-7-2)25-16-15-24(29-25)26-23(10-5)17-18-28-26/h15-18,21-22H,6-14,19-20H2,1-5H3. The molecule has 2 aromatic heterocycles. The van der Waals surface area contributed by atoms with Crippen molar-refractivity contribution in [2.75, 3.05) is 18.0 Å². The van der Waals surface area contributed by atoms with Crippen LogP contribution in [0.2, 0.25) is 0 Å². The molecular weight excluding hydrogens is 390 g/mol.